The number of hydrogen-bond acceptors (Lipinski definition) is 5. The van der Waals surface area contributed by atoms with Crippen LogP contribution in [0.4, 0.5) is 4.39 Å². The molecule has 24 heavy (non-hydrogen) atoms. The van der Waals surface area contributed by atoms with Crippen molar-refractivity contribution in [1.82, 2.24) is 4.72 Å². The van der Waals surface area contributed by atoms with Gasteiger partial charge in [0.15, 0.2) is 12.5 Å². The van der Waals surface area contributed by atoms with Crippen LogP contribution in [0.3, 0.4) is 0 Å². The van der Waals surface area contributed by atoms with Gasteiger partial charge in [-0.1, -0.05) is 48.5 Å². The Morgan fingerprint density at radius 1 is 1.04 bits per heavy atom. The van der Waals surface area contributed by atoms with Crippen LogP contribution in [-0.2, 0) is 24.0 Å². The Kier molecular flexibility index (Phi) is 4.93. The number of halogens is 1. The molecule has 128 valence electrons. The molecule has 1 aliphatic heterocycles. The molecular weight excluding hydrogens is 337 g/mol. The summed E-state index contributed by atoms with van der Waals surface area (Å²) >= 11 is 0. The molecule has 1 fully saturated rings. The SMILES string of the molecule is COS(=O)(=O)N[C@@H]1OC(c2ccccc2)O[C@@H]1c1ccccc1F. The molecule has 0 saturated carbocycles. The lowest BCUT2D eigenvalue weighted by molar-refractivity contribution is -0.0707. The van der Waals surface area contributed by atoms with Crippen molar-refractivity contribution >= 4 is 10.3 Å². The summed E-state index contributed by atoms with van der Waals surface area (Å²) in [7, 11) is -3.02. The molecule has 8 heteroatoms. The van der Waals surface area contributed by atoms with E-state index in [9.17, 15) is 12.8 Å². The van der Waals surface area contributed by atoms with Gasteiger partial charge in [-0.05, 0) is 6.07 Å². The minimum absolute atomic E-state index is 0.194. The predicted octanol–water partition coefficient (Wildman–Crippen LogP) is 2.42. The summed E-state index contributed by atoms with van der Waals surface area (Å²) in [5.74, 6) is -0.513. The number of nitrogens with one attached hydrogen (secondary N) is 1. The van der Waals surface area contributed by atoms with Crippen molar-refractivity contribution in [2.45, 2.75) is 18.6 Å². The standard InChI is InChI=1S/C16H16FNO5S/c1-21-24(19,20)18-15-14(12-9-5-6-10-13(12)17)22-16(23-15)11-7-3-2-4-8-11/h2-10,14-16,18H,1H3/t14-,15-,16?/m1/s1. The van der Waals surface area contributed by atoms with Crippen LogP contribution in [0.5, 0.6) is 0 Å². The molecule has 1 saturated heterocycles. The molecule has 1 heterocycles. The Labute approximate surface area is 139 Å². The second-order valence-corrected chi connectivity index (χ2v) is 6.59. The minimum Gasteiger partial charge on any atom is -0.336 e. The fourth-order valence-electron chi connectivity index (χ4n) is 2.43. The van der Waals surface area contributed by atoms with Crippen LogP contribution in [0.25, 0.3) is 0 Å². The van der Waals surface area contributed by atoms with E-state index < -0.39 is 34.7 Å². The van der Waals surface area contributed by atoms with Crippen LogP contribution >= 0.6 is 0 Å². The van der Waals surface area contributed by atoms with E-state index in [-0.39, 0.29) is 5.56 Å². The third-order valence-electron chi connectivity index (χ3n) is 3.58. The third-order valence-corrected chi connectivity index (χ3v) is 4.54. The second-order valence-electron chi connectivity index (χ2n) is 5.12. The van der Waals surface area contributed by atoms with Gasteiger partial charge in [-0.2, -0.15) is 13.1 Å². The van der Waals surface area contributed by atoms with Gasteiger partial charge >= 0.3 is 10.3 Å². The van der Waals surface area contributed by atoms with Gasteiger partial charge in [0.1, 0.15) is 11.9 Å². The van der Waals surface area contributed by atoms with E-state index in [1.807, 2.05) is 6.07 Å². The highest BCUT2D eigenvalue weighted by Crippen LogP contribution is 2.39. The fourth-order valence-corrected chi connectivity index (χ4v) is 2.99. The third kappa shape index (κ3) is 3.63. The Morgan fingerprint density at radius 2 is 1.71 bits per heavy atom. The maximum atomic E-state index is 14.1. The van der Waals surface area contributed by atoms with Crippen LogP contribution in [0, 0.1) is 5.82 Å². The highest BCUT2D eigenvalue weighted by molar-refractivity contribution is 7.84. The zero-order valence-electron chi connectivity index (χ0n) is 12.8. The van der Waals surface area contributed by atoms with Crippen LogP contribution in [0.1, 0.15) is 23.5 Å². The van der Waals surface area contributed by atoms with Crippen molar-refractivity contribution in [2.24, 2.45) is 0 Å². The summed E-state index contributed by atoms with van der Waals surface area (Å²) < 4.78 is 55.5. The van der Waals surface area contributed by atoms with Gasteiger partial charge in [-0.25, -0.2) is 4.39 Å². The zero-order chi connectivity index (χ0) is 17.2. The van der Waals surface area contributed by atoms with Crippen molar-refractivity contribution in [3.05, 3.63) is 71.5 Å². The van der Waals surface area contributed by atoms with E-state index in [2.05, 4.69) is 8.91 Å². The number of benzene rings is 2. The first kappa shape index (κ1) is 17.0. The first-order valence-electron chi connectivity index (χ1n) is 7.18. The molecule has 0 bridgehead atoms. The molecule has 0 spiro atoms. The van der Waals surface area contributed by atoms with Crippen molar-refractivity contribution in [1.29, 1.82) is 0 Å². The molecule has 1 unspecified atom stereocenters. The molecule has 3 rings (SSSR count). The maximum Gasteiger partial charge on any atom is 0.337 e. The molecule has 2 aromatic rings. The van der Waals surface area contributed by atoms with E-state index >= 15 is 0 Å². The molecule has 0 aromatic heterocycles. The molecule has 0 radical (unpaired) electrons. The molecule has 0 aliphatic carbocycles. The lowest BCUT2D eigenvalue weighted by Gasteiger charge is -2.18. The molecular formula is C16H16FNO5S. The van der Waals surface area contributed by atoms with E-state index in [0.717, 1.165) is 7.11 Å². The van der Waals surface area contributed by atoms with Gasteiger partial charge in [0.2, 0.25) is 0 Å². The lowest BCUT2D eigenvalue weighted by Crippen LogP contribution is -2.38. The van der Waals surface area contributed by atoms with Gasteiger partial charge in [0, 0.05) is 11.1 Å². The van der Waals surface area contributed by atoms with Crippen LogP contribution in [0.2, 0.25) is 0 Å². The van der Waals surface area contributed by atoms with Crippen molar-refractivity contribution < 1.29 is 26.5 Å². The van der Waals surface area contributed by atoms with Gasteiger partial charge in [-0.3, -0.25) is 4.18 Å². The van der Waals surface area contributed by atoms with E-state index in [0.29, 0.717) is 5.56 Å². The second kappa shape index (κ2) is 6.96. The molecule has 3 atom stereocenters. The monoisotopic (exact) mass is 353 g/mol. The highest BCUT2D eigenvalue weighted by atomic mass is 32.2. The Hall–Kier alpha value is -1.84. The van der Waals surface area contributed by atoms with Gasteiger partial charge < -0.3 is 9.47 Å². The molecule has 0 amide bonds. The average Bonchev–Trinajstić information content (AvgIpc) is 2.99. The average molecular weight is 353 g/mol. The smallest absolute Gasteiger partial charge is 0.336 e. The Bertz CT molecular complexity index is 799. The summed E-state index contributed by atoms with van der Waals surface area (Å²) in [6.45, 7) is 0. The normalized spacial score (nSPS) is 24.2. The minimum atomic E-state index is -4.04. The first-order valence-corrected chi connectivity index (χ1v) is 8.59. The van der Waals surface area contributed by atoms with Crippen LogP contribution in [-0.4, -0.2) is 21.8 Å². The van der Waals surface area contributed by atoms with Gasteiger partial charge in [0.05, 0.1) is 7.11 Å². The summed E-state index contributed by atoms with van der Waals surface area (Å²) in [6, 6.07) is 14.9. The number of rotatable bonds is 5. The van der Waals surface area contributed by atoms with Crippen molar-refractivity contribution in [2.75, 3.05) is 7.11 Å². The Morgan fingerprint density at radius 3 is 2.38 bits per heavy atom. The lowest BCUT2D eigenvalue weighted by atomic mass is 10.1. The first-order chi connectivity index (χ1) is 11.5. The van der Waals surface area contributed by atoms with Crippen LogP contribution in [0.15, 0.2) is 54.6 Å². The number of hydrogen-bond donors (Lipinski definition) is 1. The topological polar surface area (TPSA) is 73.9 Å². The van der Waals surface area contributed by atoms with Crippen molar-refractivity contribution in [3.8, 4) is 0 Å². The van der Waals surface area contributed by atoms with E-state index in [1.54, 1.807) is 30.3 Å². The quantitative estimate of drug-likeness (QED) is 0.894. The summed E-state index contributed by atoms with van der Waals surface area (Å²) in [5.41, 5.74) is 0.887. The molecule has 1 N–H and O–H groups in total. The highest BCUT2D eigenvalue weighted by Gasteiger charge is 2.41. The Balaban J connectivity index is 1.92. The predicted molar refractivity (Wildman–Crippen MR) is 83.3 cm³/mol. The maximum absolute atomic E-state index is 14.1. The zero-order valence-corrected chi connectivity index (χ0v) is 13.6. The van der Waals surface area contributed by atoms with Crippen LogP contribution < -0.4 is 4.72 Å². The van der Waals surface area contributed by atoms with Gasteiger partial charge in [0.25, 0.3) is 0 Å². The largest absolute Gasteiger partial charge is 0.337 e. The molecule has 2 aromatic carbocycles. The number of ether oxygens (including phenoxy) is 2. The summed E-state index contributed by atoms with van der Waals surface area (Å²) in [4.78, 5) is 0. The van der Waals surface area contributed by atoms with Gasteiger partial charge in [-0.15, -0.1) is 0 Å². The summed E-state index contributed by atoms with van der Waals surface area (Å²) in [6.07, 6.45) is -2.92. The molecule has 1 aliphatic rings. The van der Waals surface area contributed by atoms with E-state index in [4.69, 9.17) is 9.47 Å². The van der Waals surface area contributed by atoms with E-state index in [1.165, 1.54) is 18.2 Å². The fraction of sp³-hybridized carbons (Fsp3) is 0.250. The van der Waals surface area contributed by atoms with Crippen molar-refractivity contribution in [3.63, 3.8) is 0 Å². The molecule has 6 nitrogen and oxygen atoms in total. The summed E-state index contributed by atoms with van der Waals surface area (Å²) in [5, 5.41) is 0.